The van der Waals surface area contributed by atoms with Crippen LogP contribution >= 0.6 is 0 Å². The van der Waals surface area contributed by atoms with Gasteiger partial charge in [-0.1, -0.05) is 13.8 Å². The molecule has 5 nitrogen and oxygen atoms in total. The average Bonchev–Trinajstić information content (AvgIpc) is 2.61. The van der Waals surface area contributed by atoms with Gasteiger partial charge in [0.05, 0.1) is 5.69 Å². The molecule has 1 aromatic carbocycles. The normalized spacial score (nSPS) is 15.5. The fourth-order valence-corrected chi connectivity index (χ4v) is 2.88. The van der Waals surface area contributed by atoms with Gasteiger partial charge in [0.1, 0.15) is 5.82 Å². The number of benzene rings is 1. The second kappa shape index (κ2) is 9.59. The summed E-state index contributed by atoms with van der Waals surface area (Å²) in [6.45, 7) is 11.0. The minimum atomic E-state index is -0.322. The Balaban J connectivity index is 1.88. The molecule has 0 saturated carbocycles. The van der Waals surface area contributed by atoms with Crippen molar-refractivity contribution in [3.8, 4) is 0 Å². The highest BCUT2D eigenvalue weighted by Gasteiger charge is 2.19. The number of carbonyl (C=O) groups is 1. The van der Waals surface area contributed by atoms with Crippen LogP contribution in [0.5, 0.6) is 0 Å². The second-order valence-corrected chi connectivity index (χ2v) is 6.09. The Labute approximate surface area is 144 Å². The van der Waals surface area contributed by atoms with E-state index in [-0.39, 0.29) is 11.7 Å². The Hall–Kier alpha value is -1.66. The summed E-state index contributed by atoms with van der Waals surface area (Å²) in [5.74, 6) is -0.550. The van der Waals surface area contributed by atoms with Gasteiger partial charge in [0, 0.05) is 44.8 Å². The van der Waals surface area contributed by atoms with Crippen molar-refractivity contribution in [3.05, 3.63) is 29.6 Å². The van der Waals surface area contributed by atoms with E-state index in [0.29, 0.717) is 17.8 Å². The van der Waals surface area contributed by atoms with E-state index >= 15 is 0 Å². The number of hydrogen-bond acceptors (Lipinski definition) is 4. The van der Waals surface area contributed by atoms with Crippen LogP contribution in [0.4, 0.5) is 10.1 Å². The minimum Gasteiger partial charge on any atom is -0.367 e. The number of hydrogen-bond donors (Lipinski definition) is 2. The van der Waals surface area contributed by atoms with Crippen molar-refractivity contribution in [3.63, 3.8) is 0 Å². The molecule has 0 unspecified atom stereocenters. The molecule has 0 bridgehead atoms. The van der Waals surface area contributed by atoms with Crippen LogP contribution < -0.4 is 15.5 Å². The lowest BCUT2D eigenvalue weighted by molar-refractivity contribution is 0.0953. The lowest BCUT2D eigenvalue weighted by Crippen LogP contribution is -2.46. The maximum atomic E-state index is 14.4. The zero-order valence-electron chi connectivity index (χ0n) is 14.8. The number of rotatable bonds is 8. The number of amides is 1. The van der Waals surface area contributed by atoms with Gasteiger partial charge in [0.2, 0.25) is 0 Å². The molecule has 6 heteroatoms. The highest BCUT2D eigenvalue weighted by atomic mass is 19.1. The molecular weight excluding hydrogens is 307 g/mol. The molecule has 1 heterocycles. The van der Waals surface area contributed by atoms with Crippen molar-refractivity contribution in [1.29, 1.82) is 0 Å². The van der Waals surface area contributed by atoms with Gasteiger partial charge in [-0.05, 0) is 37.7 Å². The van der Waals surface area contributed by atoms with Crippen molar-refractivity contribution in [1.82, 2.24) is 15.5 Å². The fraction of sp³-hybridized carbons (Fsp3) is 0.611. The number of piperazine rings is 1. The first-order valence-electron chi connectivity index (χ1n) is 8.91. The monoisotopic (exact) mass is 336 g/mol. The SMILES string of the molecule is CCCNCCNC(=O)c1ccc(N2CCN(CC)CC2)c(F)c1. The smallest absolute Gasteiger partial charge is 0.251 e. The Morgan fingerprint density at radius 3 is 2.50 bits per heavy atom. The average molecular weight is 336 g/mol. The standard InChI is InChI=1S/C18H29FN4O/c1-3-7-20-8-9-21-18(24)15-5-6-17(16(19)14-15)23-12-10-22(4-2)11-13-23/h5-6,14,20H,3-4,7-13H2,1-2H3,(H,21,24). The van der Waals surface area contributed by atoms with E-state index in [1.807, 2.05) is 0 Å². The van der Waals surface area contributed by atoms with Crippen LogP contribution in [0.2, 0.25) is 0 Å². The number of nitrogens with one attached hydrogen (secondary N) is 2. The minimum absolute atomic E-state index is 0.227. The maximum Gasteiger partial charge on any atom is 0.251 e. The van der Waals surface area contributed by atoms with Crippen molar-refractivity contribution >= 4 is 11.6 Å². The van der Waals surface area contributed by atoms with Gasteiger partial charge in [0.25, 0.3) is 5.91 Å². The Bertz CT molecular complexity index is 530. The third-order valence-electron chi connectivity index (χ3n) is 4.38. The Morgan fingerprint density at radius 2 is 1.88 bits per heavy atom. The van der Waals surface area contributed by atoms with Crippen molar-refractivity contribution in [2.75, 3.05) is 57.3 Å². The first-order valence-corrected chi connectivity index (χ1v) is 8.91. The zero-order valence-corrected chi connectivity index (χ0v) is 14.8. The fourth-order valence-electron chi connectivity index (χ4n) is 2.88. The summed E-state index contributed by atoms with van der Waals surface area (Å²) in [4.78, 5) is 16.5. The van der Waals surface area contributed by atoms with Crippen LogP contribution in [0, 0.1) is 5.82 Å². The van der Waals surface area contributed by atoms with E-state index < -0.39 is 0 Å². The molecule has 2 rings (SSSR count). The summed E-state index contributed by atoms with van der Waals surface area (Å²) < 4.78 is 14.4. The van der Waals surface area contributed by atoms with Gasteiger partial charge in [-0.3, -0.25) is 4.79 Å². The van der Waals surface area contributed by atoms with Crippen LogP contribution in [-0.4, -0.2) is 63.2 Å². The largest absolute Gasteiger partial charge is 0.367 e. The van der Waals surface area contributed by atoms with E-state index in [4.69, 9.17) is 0 Å². The van der Waals surface area contributed by atoms with Gasteiger partial charge >= 0.3 is 0 Å². The topological polar surface area (TPSA) is 47.6 Å². The van der Waals surface area contributed by atoms with E-state index in [9.17, 15) is 9.18 Å². The third kappa shape index (κ3) is 5.18. The molecule has 0 aliphatic carbocycles. The van der Waals surface area contributed by atoms with E-state index in [1.165, 1.54) is 6.07 Å². The summed E-state index contributed by atoms with van der Waals surface area (Å²) >= 11 is 0. The maximum absolute atomic E-state index is 14.4. The number of anilines is 1. The molecule has 134 valence electrons. The number of halogens is 1. The Kier molecular flexibility index (Phi) is 7.46. The molecule has 0 atom stereocenters. The Morgan fingerprint density at radius 1 is 1.12 bits per heavy atom. The molecule has 1 saturated heterocycles. The highest BCUT2D eigenvalue weighted by Crippen LogP contribution is 2.22. The number of carbonyl (C=O) groups excluding carboxylic acids is 1. The molecule has 1 fully saturated rings. The molecule has 2 N–H and O–H groups in total. The zero-order chi connectivity index (χ0) is 17.4. The van der Waals surface area contributed by atoms with Crippen LogP contribution in [0.1, 0.15) is 30.6 Å². The van der Waals surface area contributed by atoms with Crippen LogP contribution in [0.15, 0.2) is 18.2 Å². The molecule has 1 aliphatic rings. The molecule has 0 spiro atoms. The lowest BCUT2D eigenvalue weighted by atomic mass is 10.1. The first kappa shape index (κ1) is 18.7. The number of nitrogens with zero attached hydrogens (tertiary/aromatic N) is 2. The molecule has 24 heavy (non-hydrogen) atoms. The van der Waals surface area contributed by atoms with E-state index in [1.54, 1.807) is 12.1 Å². The molecule has 1 aliphatic heterocycles. The van der Waals surface area contributed by atoms with Crippen molar-refractivity contribution in [2.45, 2.75) is 20.3 Å². The summed E-state index contributed by atoms with van der Waals surface area (Å²) in [5.41, 5.74) is 0.964. The third-order valence-corrected chi connectivity index (χ3v) is 4.38. The molecular formula is C18H29FN4O. The van der Waals surface area contributed by atoms with Crippen LogP contribution in [0.3, 0.4) is 0 Å². The second-order valence-electron chi connectivity index (χ2n) is 6.09. The highest BCUT2D eigenvalue weighted by molar-refractivity contribution is 5.94. The summed E-state index contributed by atoms with van der Waals surface area (Å²) in [7, 11) is 0. The summed E-state index contributed by atoms with van der Waals surface area (Å²) in [5, 5.41) is 6.02. The molecule has 1 aromatic rings. The summed E-state index contributed by atoms with van der Waals surface area (Å²) in [6, 6.07) is 4.77. The quantitative estimate of drug-likeness (QED) is 0.710. The van der Waals surface area contributed by atoms with Gasteiger partial charge in [0.15, 0.2) is 0 Å². The van der Waals surface area contributed by atoms with Gasteiger partial charge in [-0.15, -0.1) is 0 Å². The predicted octanol–water partition coefficient (Wildman–Crippen LogP) is 1.70. The van der Waals surface area contributed by atoms with Crippen LogP contribution in [-0.2, 0) is 0 Å². The van der Waals surface area contributed by atoms with Gasteiger partial charge < -0.3 is 20.4 Å². The molecule has 1 amide bonds. The predicted molar refractivity (Wildman–Crippen MR) is 96.2 cm³/mol. The number of likely N-dealkylation sites (N-methyl/N-ethyl adjacent to an activating group) is 1. The molecule has 0 radical (unpaired) electrons. The van der Waals surface area contributed by atoms with E-state index in [0.717, 1.165) is 52.2 Å². The first-order chi connectivity index (χ1) is 11.7. The van der Waals surface area contributed by atoms with Crippen molar-refractivity contribution in [2.24, 2.45) is 0 Å². The van der Waals surface area contributed by atoms with E-state index in [2.05, 4.69) is 34.3 Å². The van der Waals surface area contributed by atoms with Crippen LogP contribution in [0.25, 0.3) is 0 Å². The van der Waals surface area contributed by atoms with Crippen molar-refractivity contribution < 1.29 is 9.18 Å². The van der Waals surface area contributed by atoms with Gasteiger partial charge in [-0.2, -0.15) is 0 Å². The van der Waals surface area contributed by atoms with Gasteiger partial charge in [-0.25, -0.2) is 4.39 Å². The lowest BCUT2D eigenvalue weighted by Gasteiger charge is -2.35. The summed E-state index contributed by atoms with van der Waals surface area (Å²) in [6.07, 6.45) is 1.06. The molecule has 0 aromatic heterocycles.